The van der Waals surface area contributed by atoms with Gasteiger partial charge in [-0.3, -0.25) is 0 Å². The van der Waals surface area contributed by atoms with Crippen LogP contribution in [0, 0.1) is 0 Å². The second-order valence-corrected chi connectivity index (χ2v) is 8.42. The van der Waals surface area contributed by atoms with Crippen LogP contribution in [-0.2, 0) is 0 Å². The molecular formula is C25H34N2. The number of nitrogens with one attached hydrogen (secondary N) is 2. The smallest absolute Gasteiger partial charge is 0.0502 e. The lowest BCUT2D eigenvalue weighted by Crippen LogP contribution is -2.26. The first-order valence-electron chi connectivity index (χ1n) is 10.3. The van der Waals surface area contributed by atoms with Gasteiger partial charge in [-0.2, -0.15) is 0 Å². The van der Waals surface area contributed by atoms with Gasteiger partial charge < -0.3 is 10.3 Å². The van der Waals surface area contributed by atoms with Gasteiger partial charge in [-0.25, -0.2) is 0 Å². The molecule has 2 aromatic rings. The van der Waals surface area contributed by atoms with E-state index in [1.165, 1.54) is 57.3 Å². The highest BCUT2D eigenvalue weighted by Crippen LogP contribution is 2.37. The van der Waals surface area contributed by atoms with Gasteiger partial charge >= 0.3 is 0 Å². The summed E-state index contributed by atoms with van der Waals surface area (Å²) in [4.78, 5) is 3.73. The van der Waals surface area contributed by atoms with Crippen molar-refractivity contribution in [3.8, 4) is 0 Å². The Morgan fingerprint density at radius 1 is 1.15 bits per heavy atom. The molecule has 0 spiro atoms. The highest BCUT2D eigenvalue weighted by Gasteiger charge is 2.20. The molecule has 0 saturated carbocycles. The molecule has 0 bridgehead atoms. The van der Waals surface area contributed by atoms with Crippen molar-refractivity contribution in [1.29, 1.82) is 0 Å². The predicted molar refractivity (Wildman–Crippen MR) is 119 cm³/mol. The fourth-order valence-corrected chi connectivity index (χ4v) is 4.23. The van der Waals surface area contributed by atoms with Crippen molar-refractivity contribution >= 4 is 16.5 Å². The minimum atomic E-state index is 0.454. The Kier molecular flexibility index (Phi) is 6.06. The van der Waals surface area contributed by atoms with E-state index in [-0.39, 0.29) is 0 Å². The third-order valence-electron chi connectivity index (χ3n) is 5.68. The number of H-pyrrole nitrogens is 1. The molecule has 2 nitrogen and oxygen atoms in total. The van der Waals surface area contributed by atoms with Gasteiger partial charge in [0.15, 0.2) is 0 Å². The van der Waals surface area contributed by atoms with Gasteiger partial charge in [-0.05, 0) is 87.4 Å². The summed E-state index contributed by atoms with van der Waals surface area (Å²) in [5.74, 6) is 1.13. The molecule has 1 aromatic heterocycles. The standard InChI is InChI=1S/C25H34N2/c1-7-18(6)21(14-16(2)3)25-24(17(4)5)22-15-20(8-9-23(22)27-25)19-10-12-26-13-11-19/h7-9,14-15,17,19,26-27H,1,10-13H2,2-6H3/b21-18+. The van der Waals surface area contributed by atoms with E-state index in [0.29, 0.717) is 11.8 Å². The molecule has 0 atom stereocenters. The van der Waals surface area contributed by atoms with Crippen molar-refractivity contribution in [2.75, 3.05) is 13.1 Å². The summed E-state index contributed by atoms with van der Waals surface area (Å²) < 4.78 is 0. The Hall–Kier alpha value is -2.06. The molecule has 3 rings (SSSR count). The van der Waals surface area contributed by atoms with Gasteiger partial charge in [-0.15, -0.1) is 0 Å². The minimum Gasteiger partial charge on any atom is -0.354 e. The van der Waals surface area contributed by atoms with Gasteiger partial charge in [-0.1, -0.05) is 44.2 Å². The monoisotopic (exact) mass is 362 g/mol. The molecule has 0 aliphatic carbocycles. The van der Waals surface area contributed by atoms with Gasteiger partial charge in [0.05, 0.1) is 5.69 Å². The largest absolute Gasteiger partial charge is 0.354 e. The SMILES string of the molecule is C=C/C(C)=C(\C=C(C)C)c1[nH]c2ccc(C3CCNCC3)cc2c1C(C)C. The maximum Gasteiger partial charge on any atom is 0.0502 e. The molecule has 2 heteroatoms. The van der Waals surface area contributed by atoms with Crippen LogP contribution in [0.4, 0.5) is 0 Å². The maximum atomic E-state index is 4.01. The Balaban J connectivity index is 2.20. The highest BCUT2D eigenvalue weighted by molar-refractivity contribution is 5.93. The average molecular weight is 363 g/mol. The van der Waals surface area contributed by atoms with Crippen LogP contribution in [0.1, 0.15) is 76.1 Å². The highest BCUT2D eigenvalue weighted by atomic mass is 14.9. The second kappa shape index (κ2) is 8.31. The Morgan fingerprint density at radius 3 is 2.44 bits per heavy atom. The van der Waals surface area contributed by atoms with E-state index < -0.39 is 0 Å². The van der Waals surface area contributed by atoms with Gasteiger partial charge in [0, 0.05) is 16.5 Å². The van der Waals surface area contributed by atoms with Gasteiger partial charge in [0.25, 0.3) is 0 Å². The zero-order chi connectivity index (χ0) is 19.6. The third kappa shape index (κ3) is 4.11. The van der Waals surface area contributed by atoms with Crippen molar-refractivity contribution in [3.05, 3.63) is 64.9 Å². The summed E-state index contributed by atoms with van der Waals surface area (Å²) in [6.07, 6.45) is 6.71. The summed E-state index contributed by atoms with van der Waals surface area (Å²) in [7, 11) is 0. The Labute approximate surface area is 164 Å². The summed E-state index contributed by atoms with van der Waals surface area (Å²) in [6.45, 7) is 17.3. The normalized spacial score (nSPS) is 16.5. The van der Waals surface area contributed by atoms with E-state index >= 15 is 0 Å². The molecule has 0 unspecified atom stereocenters. The van der Waals surface area contributed by atoms with Crippen LogP contribution in [0.15, 0.2) is 48.1 Å². The fourth-order valence-electron chi connectivity index (χ4n) is 4.23. The van der Waals surface area contributed by atoms with Crippen LogP contribution in [-0.4, -0.2) is 18.1 Å². The van der Waals surface area contributed by atoms with Crippen molar-refractivity contribution in [1.82, 2.24) is 10.3 Å². The van der Waals surface area contributed by atoms with Crippen LogP contribution >= 0.6 is 0 Å². The number of hydrogen-bond donors (Lipinski definition) is 2. The predicted octanol–water partition coefficient (Wildman–Crippen LogP) is 6.68. The van der Waals surface area contributed by atoms with E-state index in [4.69, 9.17) is 0 Å². The Bertz CT molecular complexity index is 882. The molecule has 27 heavy (non-hydrogen) atoms. The second-order valence-electron chi connectivity index (χ2n) is 8.42. The molecule has 1 aromatic carbocycles. The third-order valence-corrected chi connectivity index (χ3v) is 5.68. The van der Waals surface area contributed by atoms with Crippen molar-refractivity contribution in [2.45, 2.75) is 59.3 Å². The van der Waals surface area contributed by atoms with Gasteiger partial charge in [0.1, 0.15) is 0 Å². The molecule has 0 radical (unpaired) electrons. The van der Waals surface area contributed by atoms with Crippen LogP contribution in [0.5, 0.6) is 0 Å². The first-order chi connectivity index (χ1) is 12.9. The zero-order valence-electron chi connectivity index (χ0n) is 17.6. The molecule has 1 aliphatic heterocycles. The first kappa shape index (κ1) is 19.7. The zero-order valence-corrected chi connectivity index (χ0v) is 17.6. The van der Waals surface area contributed by atoms with E-state index in [1.807, 2.05) is 6.08 Å². The van der Waals surface area contributed by atoms with Gasteiger partial charge in [0.2, 0.25) is 0 Å². The number of fused-ring (bicyclic) bond motifs is 1. The quantitative estimate of drug-likeness (QED) is 0.570. The summed E-state index contributed by atoms with van der Waals surface area (Å²) in [6, 6.07) is 7.06. The average Bonchev–Trinajstić information content (AvgIpc) is 3.04. The van der Waals surface area contributed by atoms with E-state index in [1.54, 1.807) is 0 Å². The molecule has 144 valence electrons. The fraction of sp³-hybridized carbons (Fsp3) is 0.440. The molecule has 2 heterocycles. The molecule has 1 aliphatic rings. The number of hydrogen-bond acceptors (Lipinski definition) is 1. The van der Waals surface area contributed by atoms with E-state index in [9.17, 15) is 0 Å². The van der Waals surface area contributed by atoms with Crippen LogP contribution in [0.25, 0.3) is 16.5 Å². The van der Waals surface area contributed by atoms with E-state index in [0.717, 1.165) is 13.1 Å². The van der Waals surface area contributed by atoms with Crippen molar-refractivity contribution < 1.29 is 0 Å². The topological polar surface area (TPSA) is 27.8 Å². The van der Waals surface area contributed by atoms with Crippen molar-refractivity contribution in [2.24, 2.45) is 0 Å². The number of aromatic amines is 1. The summed E-state index contributed by atoms with van der Waals surface area (Å²) in [5, 5.41) is 4.86. The molecule has 0 amide bonds. The Morgan fingerprint density at radius 2 is 1.85 bits per heavy atom. The molecular weight excluding hydrogens is 328 g/mol. The summed E-state index contributed by atoms with van der Waals surface area (Å²) >= 11 is 0. The molecule has 1 fully saturated rings. The number of piperidine rings is 1. The first-order valence-corrected chi connectivity index (χ1v) is 10.3. The van der Waals surface area contributed by atoms with Crippen LogP contribution < -0.4 is 5.32 Å². The number of benzene rings is 1. The molecule has 1 saturated heterocycles. The number of rotatable bonds is 5. The number of aromatic nitrogens is 1. The summed E-state index contributed by atoms with van der Waals surface area (Å²) in [5.41, 5.74) is 9.18. The minimum absolute atomic E-state index is 0.454. The lowest BCUT2D eigenvalue weighted by atomic mass is 9.88. The van der Waals surface area contributed by atoms with Crippen LogP contribution in [0.3, 0.4) is 0 Å². The van der Waals surface area contributed by atoms with E-state index in [2.05, 4.69) is 75.8 Å². The molecule has 2 N–H and O–H groups in total. The number of allylic oxidation sites excluding steroid dienone is 5. The van der Waals surface area contributed by atoms with Crippen LogP contribution in [0.2, 0.25) is 0 Å². The van der Waals surface area contributed by atoms with Crippen molar-refractivity contribution in [3.63, 3.8) is 0 Å². The maximum absolute atomic E-state index is 4.01. The lowest BCUT2D eigenvalue weighted by molar-refractivity contribution is 0.460. The lowest BCUT2D eigenvalue weighted by Gasteiger charge is -2.23.